The molecule has 0 spiro atoms. The summed E-state index contributed by atoms with van der Waals surface area (Å²) >= 11 is 1.56. The first-order valence-corrected chi connectivity index (χ1v) is 7.96. The minimum absolute atomic E-state index is 0.114. The number of carboxylic acid groups (broad SMARTS) is 1. The number of thiazole rings is 1. The predicted octanol–water partition coefficient (Wildman–Crippen LogP) is 2.61. The number of amides is 1. The van der Waals surface area contributed by atoms with Gasteiger partial charge in [0.05, 0.1) is 28.6 Å². The fraction of sp³-hybridized carbons (Fsp3) is 0.438. The Morgan fingerprint density at radius 2 is 2.00 bits per heavy atom. The summed E-state index contributed by atoms with van der Waals surface area (Å²) in [5, 5.41) is 10.1. The minimum Gasteiger partial charge on any atom is -0.481 e. The number of aromatic nitrogens is 1. The molecule has 2 atom stereocenters. The van der Waals surface area contributed by atoms with Crippen LogP contribution in [0.1, 0.15) is 18.9 Å². The molecule has 1 amide bonds. The molecule has 1 heterocycles. The Balaban J connectivity index is 1.73. The number of carbonyl (C=O) groups is 2. The van der Waals surface area contributed by atoms with Gasteiger partial charge in [-0.2, -0.15) is 0 Å². The van der Waals surface area contributed by atoms with E-state index in [1.54, 1.807) is 23.3 Å². The Morgan fingerprint density at radius 1 is 1.32 bits per heavy atom. The van der Waals surface area contributed by atoms with E-state index in [2.05, 4.69) is 4.98 Å². The molecule has 3 rings (SSSR count). The number of carboxylic acids is 1. The number of hydrogen-bond donors (Lipinski definition) is 1. The van der Waals surface area contributed by atoms with Crippen LogP contribution in [0, 0.1) is 17.3 Å². The van der Waals surface area contributed by atoms with Gasteiger partial charge >= 0.3 is 5.97 Å². The summed E-state index contributed by atoms with van der Waals surface area (Å²) in [5.74, 6) is -2.03. The van der Waals surface area contributed by atoms with Crippen LogP contribution < -0.4 is 0 Å². The summed E-state index contributed by atoms with van der Waals surface area (Å²) in [7, 11) is 1.71. The summed E-state index contributed by atoms with van der Waals surface area (Å²) in [5.41, 5.74) is 0.462. The molecule has 1 aliphatic carbocycles. The molecule has 1 aliphatic rings. The second kappa shape index (κ2) is 5.05. The summed E-state index contributed by atoms with van der Waals surface area (Å²) in [6.45, 7) is 4.08. The molecule has 1 aromatic carbocycles. The van der Waals surface area contributed by atoms with Crippen LogP contribution >= 0.6 is 11.3 Å². The number of nitrogens with zero attached hydrogens (tertiary/aromatic N) is 2. The van der Waals surface area contributed by atoms with Gasteiger partial charge in [-0.15, -0.1) is 11.3 Å². The van der Waals surface area contributed by atoms with Crippen molar-refractivity contribution < 1.29 is 14.7 Å². The average Bonchev–Trinajstić information content (AvgIpc) is 2.82. The zero-order valence-electron chi connectivity index (χ0n) is 12.7. The van der Waals surface area contributed by atoms with Gasteiger partial charge < -0.3 is 10.0 Å². The second-order valence-electron chi connectivity index (χ2n) is 6.38. The third kappa shape index (κ3) is 2.37. The van der Waals surface area contributed by atoms with Gasteiger partial charge in [0.15, 0.2) is 0 Å². The van der Waals surface area contributed by atoms with E-state index >= 15 is 0 Å². The van der Waals surface area contributed by atoms with Gasteiger partial charge in [0.25, 0.3) is 0 Å². The Labute approximate surface area is 132 Å². The predicted molar refractivity (Wildman–Crippen MR) is 84.5 cm³/mol. The normalized spacial score (nSPS) is 22.5. The monoisotopic (exact) mass is 318 g/mol. The Hall–Kier alpha value is -1.95. The first-order chi connectivity index (χ1) is 10.3. The van der Waals surface area contributed by atoms with Crippen molar-refractivity contribution in [3.63, 3.8) is 0 Å². The molecule has 0 saturated heterocycles. The Bertz CT molecular complexity index is 720. The molecule has 0 radical (unpaired) electrons. The lowest BCUT2D eigenvalue weighted by atomic mass is 10.1. The highest BCUT2D eigenvalue weighted by molar-refractivity contribution is 7.18. The Kier molecular flexibility index (Phi) is 3.44. The molecule has 1 N–H and O–H groups in total. The second-order valence-corrected chi connectivity index (χ2v) is 7.50. The molecular formula is C16H18N2O3S. The number of para-hydroxylation sites is 1. The van der Waals surface area contributed by atoms with Crippen LogP contribution in [0.15, 0.2) is 24.3 Å². The zero-order valence-corrected chi connectivity index (χ0v) is 13.6. The van der Waals surface area contributed by atoms with Crippen LogP contribution in [0.5, 0.6) is 0 Å². The molecule has 0 unspecified atom stereocenters. The van der Waals surface area contributed by atoms with E-state index < -0.39 is 23.2 Å². The molecule has 1 aromatic heterocycles. The van der Waals surface area contributed by atoms with Gasteiger partial charge in [-0.05, 0) is 17.5 Å². The van der Waals surface area contributed by atoms with Crippen molar-refractivity contribution in [3.05, 3.63) is 29.3 Å². The van der Waals surface area contributed by atoms with E-state index in [1.165, 1.54) is 0 Å². The van der Waals surface area contributed by atoms with Gasteiger partial charge in [0, 0.05) is 7.05 Å². The molecule has 116 valence electrons. The third-order valence-electron chi connectivity index (χ3n) is 4.45. The fourth-order valence-electron chi connectivity index (χ4n) is 3.07. The lowest BCUT2D eigenvalue weighted by Crippen LogP contribution is -2.29. The van der Waals surface area contributed by atoms with E-state index in [1.807, 2.05) is 38.1 Å². The standard InChI is InChI=1S/C16H18N2O3S/c1-16(2)12(13(16)15(20)21)14(19)18(3)8-11-17-9-6-4-5-7-10(9)22-11/h4-7,12-13H,8H2,1-3H3,(H,20,21)/t12-,13+/m0/s1. The molecule has 1 saturated carbocycles. The van der Waals surface area contributed by atoms with E-state index in [0.29, 0.717) is 6.54 Å². The molecule has 6 heteroatoms. The van der Waals surface area contributed by atoms with Crippen molar-refractivity contribution in [2.75, 3.05) is 7.05 Å². The molecule has 2 aromatic rings. The van der Waals surface area contributed by atoms with Crippen molar-refractivity contribution in [1.82, 2.24) is 9.88 Å². The average molecular weight is 318 g/mol. The van der Waals surface area contributed by atoms with Crippen molar-refractivity contribution in [3.8, 4) is 0 Å². The lowest BCUT2D eigenvalue weighted by Gasteiger charge is -2.16. The third-order valence-corrected chi connectivity index (χ3v) is 5.47. The first-order valence-electron chi connectivity index (χ1n) is 7.14. The molecule has 0 aliphatic heterocycles. The van der Waals surface area contributed by atoms with Crippen molar-refractivity contribution >= 4 is 33.4 Å². The number of rotatable bonds is 4. The highest BCUT2D eigenvalue weighted by atomic mass is 32.1. The van der Waals surface area contributed by atoms with Gasteiger partial charge in [0.2, 0.25) is 5.91 Å². The van der Waals surface area contributed by atoms with E-state index in [0.717, 1.165) is 15.2 Å². The molecule has 0 bridgehead atoms. The highest BCUT2D eigenvalue weighted by Gasteiger charge is 2.66. The number of benzene rings is 1. The summed E-state index contributed by atoms with van der Waals surface area (Å²) < 4.78 is 1.09. The number of hydrogen-bond acceptors (Lipinski definition) is 4. The largest absolute Gasteiger partial charge is 0.481 e. The molecular weight excluding hydrogens is 300 g/mol. The van der Waals surface area contributed by atoms with Crippen LogP contribution in [-0.4, -0.2) is 33.9 Å². The summed E-state index contributed by atoms with van der Waals surface area (Å²) in [6, 6.07) is 7.85. The smallest absolute Gasteiger partial charge is 0.307 e. The van der Waals surface area contributed by atoms with Crippen LogP contribution in [0.4, 0.5) is 0 Å². The number of aliphatic carboxylic acids is 1. The Morgan fingerprint density at radius 3 is 2.59 bits per heavy atom. The summed E-state index contributed by atoms with van der Waals surface area (Å²) in [6.07, 6.45) is 0. The maximum atomic E-state index is 12.5. The molecule has 22 heavy (non-hydrogen) atoms. The topological polar surface area (TPSA) is 70.5 Å². The number of carbonyl (C=O) groups excluding carboxylic acids is 1. The quantitative estimate of drug-likeness (QED) is 0.940. The maximum absolute atomic E-state index is 12.5. The van der Waals surface area contributed by atoms with Crippen LogP contribution in [0.2, 0.25) is 0 Å². The zero-order chi connectivity index (χ0) is 16.1. The van der Waals surface area contributed by atoms with Gasteiger partial charge in [-0.25, -0.2) is 4.98 Å². The minimum atomic E-state index is -0.892. The highest BCUT2D eigenvalue weighted by Crippen LogP contribution is 2.59. The molecule has 1 fully saturated rings. The van der Waals surface area contributed by atoms with Crippen molar-refractivity contribution in [2.45, 2.75) is 20.4 Å². The van der Waals surface area contributed by atoms with E-state index in [-0.39, 0.29) is 5.91 Å². The van der Waals surface area contributed by atoms with Crippen LogP contribution in [-0.2, 0) is 16.1 Å². The van der Waals surface area contributed by atoms with Crippen molar-refractivity contribution in [2.24, 2.45) is 17.3 Å². The van der Waals surface area contributed by atoms with Gasteiger partial charge in [-0.1, -0.05) is 26.0 Å². The van der Waals surface area contributed by atoms with E-state index in [4.69, 9.17) is 0 Å². The van der Waals surface area contributed by atoms with Crippen LogP contribution in [0.3, 0.4) is 0 Å². The number of fused-ring (bicyclic) bond motifs is 1. The fourth-order valence-corrected chi connectivity index (χ4v) is 4.09. The van der Waals surface area contributed by atoms with Gasteiger partial charge in [-0.3, -0.25) is 9.59 Å². The maximum Gasteiger partial charge on any atom is 0.307 e. The SMILES string of the molecule is CN(Cc1nc2ccccc2s1)C(=O)[C@@H]1[C@H](C(=O)O)C1(C)C. The van der Waals surface area contributed by atoms with Crippen LogP contribution in [0.25, 0.3) is 10.2 Å². The first kappa shape index (κ1) is 15.0. The lowest BCUT2D eigenvalue weighted by molar-refractivity contribution is -0.141. The van der Waals surface area contributed by atoms with Crippen molar-refractivity contribution in [1.29, 1.82) is 0 Å². The molecule has 5 nitrogen and oxygen atoms in total. The van der Waals surface area contributed by atoms with E-state index in [9.17, 15) is 14.7 Å². The summed E-state index contributed by atoms with van der Waals surface area (Å²) in [4.78, 5) is 29.8. The van der Waals surface area contributed by atoms with Gasteiger partial charge in [0.1, 0.15) is 5.01 Å².